The molecule has 0 aliphatic carbocycles. The lowest BCUT2D eigenvalue weighted by molar-refractivity contribution is 0.374. The highest BCUT2D eigenvalue weighted by atomic mass is 16.5. The van der Waals surface area contributed by atoms with Gasteiger partial charge in [-0.25, -0.2) is 0 Å². The monoisotopic (exact) mass is 273 g/mol. The van der Waals surface area contributed by atoms with Gasteiger partial charge in [0.25, 0.3) is 0 Å². The molecule has 4 nitrogen and oxygen atoms in total. The van der Waals surface area contributed by atoms with Crippen molar-refractivity contribution in [1.82, 2.24) is 10.1 Å². The first kappa shape index (κ1) is 14.7. The minimum absolute atomic E-state index is 0.535. The van der Waals surface area contributed by atoms with E-state index in [0.717, 1.165) is 37.8 Å². The third-order valence-corrected chi connectivity index (χ3v) is 3.40. The van der Waals surface area contributed by atoms with Gasteiger partial charge in [-0.15, -0.1) is 0 Å². The third-order valence-electron chi connectivity index (χ3n) is 3.40. The third kappa shape index (κ3) is 3.90. The zero-order valence-corrected chi connectivity index (χ0v) is 12.3. The van der Waals surface area contributed by atoms with E-state index in [1.807, 2.05) is 0 Å². The Hall–Kier alpha value is -1.68. The Morgan fingerprint density at radius 3 is 2.50 bits per heavy atom. The SMILES string of the molecule is CC(C)c1ccc(-c2noc(CCCCCN)n2)cc1. The molecular weight excluding hydrogens is 250 g/mol. The maximum absolute atomic E-state index is 5.47. The lowest BCUT2D eigenvalue weighted by Crippen LogP contribution is -1.98. The number of aryl methyl sites for hydroxylation is 1. The van der Waals surface area contributed by atoms with Gasteiger partial charge in [-0.3, -0.25) is 0 Å². The van der Waals surface area contributed by atoms with E-state index in [0.29, 0.717) is 17.6 Å². The van der Waals surface area contributed by atoms with Crippen LogP contribution in [0.25, 0.3) is 11.4 Å². The molecule has 108 valence electrons. The van der Waals surface area contributed by atoms with Crippen LogP contribution in [0.2, 0.25) is 0 Å². The van der Waals surface area contributed by atoms with Crippen LogP contribution in [-0.4, -0.2) is 16.7 Å². The number of hydrogen-bond acceptors (Lipinski definition) is 4. The number of nitrogens with two attached hydrogens (primary N) is 1. The molecule has 0 saturated heterocycles. The summed E-state index contributed by atoms with van der Waals surface area (Å²) in [5.41, 5.74) is 7.79. The Labute approximate surface area is 120 Å². The molecule has 1 aromatic carbocycles. The fourth-order valence-electron chi connectivity index (χ4n) is 2.09. The summed E-state index contributed by atoms with van der Waals surface area (Å²) in [6.07, 6.45) is 4.04. The summed E-state index contributed by atoms with van der Waals surface area (Å²) in [5.74, 6) is 1.92. The standard InChI is InChI=1S/C16H23N3O/c1-12(2)13-7-9-14(10-8-13)16-18-15(20-19-16)6-4-3-5-11-17/h7-10,12H,3-6,11,17H2,1-2H3. The Morgan fingerprint density at radius 1 is 1.10 bits per heavy atom. The molecule has 2 aromatic rings. The zero-order valence-electron chi connectivity index (χ0n) is 12.3. The van der Waals surface area contributed by atoms with Gasteiger partial charge in [0.1, 0.15) is 0 Å². The van der Waals surface area contributed by atoms with Gasteiger partial charge >= 0.3 is 0 Å². The van der Waals surface area contributed by atoms with Gasteiger partial charge in [-0.1, -0.05) is 49.7 Å². The zero-order chi connectivity index (χ0) is 14.4. The van der Waals surface area contributed by atoms with Crippen molar-refractivity contribution in [2.45, 2.75) is 45.4 Å². The van der Waals surface area contributed by atoms with Crippen molar-refractivity contribution in [3.8, 4) is 11.4 Å². The van der Waals surface area contributed by atoms with Crippen LogP contribution in [0.4, 0.5) is 0 Å². The molecule has 0 saturated carbocycles. The molecule has 0 bridgehead atoms. The minimum Gasteiger partial charge on any atom is -0.339 e. The fourth-order valence-corrected chi connectivity index (χ4v) is 2.09. The molecule has 20 heavy (non-hydrogen) atoms. The predicted octanol–water partition coefficient (Wildman–Crippen LogP) is 3.53. The summed E-state index contributed by atoms with van der Waals surface area (Å²) in [6, 6.07) is 8.35. The summed E-state index contributed by atoms with van der Waals surface area (Å²) in [5, 5.41) is 4.05. The van der Waals surface area contributed by atoms with Crippen molar-refractivity contribution < 1.29 is 4.52 Å². The van der Waals surface area contributed by atoms with Gasteiger partial charge < -0.3 is 10.3 Å². The lowest BCUT2D eigenvalue weighted by Gasteiger charge is -2.04. The number of nitrogens with zero attached hydrogens (tertiary/aromatic N) is 2. The molecule has 0 aliphatic heterocycles. The van der Waals surface area contributed by atoms with Crippen LogP contribution in [-0.2, 0) is 6.42 Å². The summed E-state index contributed by atoms with van der Waals surface area (Å²) in [6.45, 7) is 5.11. The number of hydrogen-bond donors (Lipinski definition) is 1. The fraction of sp³-hybridized carbons (Fsp3) is 0.500. The van der Waals surface area contributed by atoms with Gasteiger partial charge in [0.05, 0.1) is 0 Å². The van der Waals surface area contributed by atoms with E-state index in [9.17, 15) is 0 Å². The average Bonchev–Trinajstić information content (AvgIpc) is 2.92. The van der Waals surface area contributed by atoms with Crippen molar-refractivity contribution in [2.75, 3.05) is 6.54 Å². The number of benzene rings is 1. The molecule has 0 aliphatic rings. The van der Waals surface area contributed by atoms with E-state index in [2.05, 4.69) is 48.3 Å². The second-order valence-corrected chi connectivity index (χ2v) is 5.39. The highest BCUT2D eigenvalue weighted by Crippen LogP contribution is 2.20. The van der Waals surface area contributed by atoms with E-state index in [-0.39, 0.29) is 0 Å². The quantitative estimate of drug-likeness (QED) is 0.784. The summed E-state index contributed by atoms with van der Waals surface area (Å²) in [7, 11) is 0. The van der Waals surface area contributed by atoms with Crippen LogP contribution in [0.5, 0.6) is 0 Å². The maximum Gasteiger partial charge on any atom is 0.226 e. The highest BCUT2D eigenvalue weighted by Gasteiger charge is 2.08. The van der Waals surface area contributed by atoms with Crippen molar-refractivity contribution in [3.05, 3.63) is 35.7 Å². The van der Waals surface area contributed by atoms with Gasteiger partial charge in [-0.2, -0.15) is 4.98 Å². The second-order valence-electron chi connectivity index (χ2n) is 5.39. The second kappa shape index (κ2) is 7.20. The topological polar surface area (TPSA) is 64.9 Å². The first-order valence-electron chi connectivity index (χ1n) is 7.33. The Kier molecular flexibility index (Phi) is 5.30. The molecule has 2 rings (SSSR count). The molecule has 1 heterocycles. The van der Waals surface area contributed by atoms with Crippen LogP contribution in [0, 0.1) is 0 Å². The van der Waals surface area contributed by atoms with Crippen molar-refractivity contribution in [1.29, 1.82) is 0 Å². The first-order chi connectivity index (χ1) is 9.70. The maximum atomic E-state index is 5.47. The number of aromatic nitrogens is 2. The van der Waals surface area contributed by atoms with Crippen LogP contribution in [0.1, 0.15) is 50.5 Å². The van der Waals surface area contributed by atoms with E-state index in [1.165, 1.54) is 5.56 Å². The average molecular weight is 273 g/mol. The smallest absolute Gasteiger partial charge is 0.226 e. The van der Waals surface area contributed by atoms with Crippen molar-refractivity contribution in [3.63, 3.8) is 0 Å². The molecule has 0 radical (unpaired) electrons. The largest absolute Gasteiger partial charge is 0.339 e. The minimum atomic E-state index is 0.535. The molecule has 0 spiro atoms. The van der Waals surface area contributed by atoms with Crippen molar-refractivity contribution in [2.24, 2.45) is 5.73 Å². The van der Waals surface area contributed by atoms with Gasteiger partial charge in [0.2, 0.25) is 11.7 Å². The lowest BCUT2D eigenvalue weighted by atomic mass is 10.0. The molecule has 0 amide bonds. The Balaban J connectivity index is 1.97. The van der Waals surface area contributed by atoms with E-state index in [4.69, 9.17) is 10.3 Å². The number of unbranched alkanes of at least 4 members (excludes halogenated alkanes) is 2. The predicted molar refractivity (Wildman–Crippen MR) is 80.4 cm³/mol. The summed E-state index contributed by atoms with van der Waals surface area (Å²) in [4.78, 5) is 4.44. The van der Waals surface area contributed by atoms with Crippen molar-refractivity contribution >= 4 is 0 Å². The van der Waals surface area contributed by atoms with Crippen LogP contribution >= 0.6 is 0 Å². The van der Waals surface area contributed by atoms with Crippen LogP contribution in [0.3, 0.4) is 0 Å². The van der Waals surface area contributed by atoms with E-state index in [1.54, 1.807) is 0 Å². The molecule has 4 heteroatoms. The molecule has 2 N–H and O–H groups in total. The van der Waals surface area contributed by atoms with Gasteiger partial charge in [-0.05, 0) is 30.9 Å². The number of rotatable bonds is 7. The van der Waals surface area contributed by atoms with E-state index < -0.39 is 0 Å². The van der Waals surface area contributed by atoms with Crippen LogP contribution < -0.4 is 5.73 Å². The van der Waals surface area contributed by atoms with Gasteiger partial charge in [0, 0.05) is 12.0 Å². The normalized spacial score (nSPS) is 11.2. The summed E-state index contributed by atoms with van der Waals surface area (Å²) >= 11 is 0. The molecule has 0 atom stereocenters. The Bertz CT molecular complexity index is 517. The molecular formula is C16H23N3O. The Morgan fingerprint density at radius 2 is 1.85 bits per heavy atom. The van der Waals surface area contributed by atoms with Crippen LogP contribution in [0.15, 0.2) is 28.8 Å². The molecule has 1 aromatic heterocycles. The van der Waals surface area contributed by atoms with E-state index >= 15 is 0 Å². The first-order valence-corrected chi connectivity index (χ1v) is 7.33. The summed E-state index contributed by atoms with van der Waals surface area (Å²) < 4.78 is 5.28. The van der Waals surface area contributed by atoms with Gasteiger partial charge in [0.15, 0.2) is 0 Å². The molecule has 0 unspecified atom stereocenters. The highest BCUT2D eigenvalue weighted by molar-refractivity contribution is 5.54. The molecule has 0 fully saturated rings.